The molecule has 0 heterocycles. The van der Waals surface area contributed by atoms with Crippen LogP contribution in [0.4, 0.5) is 0 Å². The summed E-state index contributed by atoms with van der Waals surface area (Å²) in [7, 11) is -3.66. The average Bonchev–Trinajstić information content (AvgIpc) is 2.14. The molecule has 0 bridgehead atoms. The van der Waals surface area contributed by atoms with Gasteiger partial charge in [0, 0.05) is 5.56 Å². The maximum atomic E-state index is 10.8. The van der Waals surface area contributed by atoms with Crippen molar-refractivity contribution in [3.8, 4) is 11.8 Å². The Kier molecular flexibility index (Phi) is 3.02. The fourth-order valence-electron chi connectivity index (χ4n) is 0.841. The van der Waals surface area contributed by atoms with Gasteiger partial charge in [0.15, 0.2) is 6.29 Å². The van der Waals surface area contributed by atoms with Gasteiger partial charge in [-0.3, -0.25) is 4.79 Å². The number of rotatable bonds is 1. The normalized spacial score (nSPS) is 10.1. The van der Waals surface area contributed by atoms with Crippen LogP contribution in [0.5, 0.6) is 0 Å². The Morgan fingerprint density at radius 3 is 2.21 bits per heavy atom. The fourth-order valence-corrected chi connectivity index (χ4v) is 1.36. The van der Waals surface area contributed by atoms with Crippen LogP contribution in [0.15, 0.2) is 29.2 Å². The van der Waals surface area contributed by atoms with Crippen LogP contribution in [0.1, 0.15) is 5.56 Å². The third kappa shape index (κ3) is 2.69. The molecule has 5 heteroatoms. The first kappa shape index (κ1) is 10.4. The number of hydrogen-bond donors (Lipinski definition) is 1. The molecule has 2 N–H and O–H groups in total. The van der Waals surface area contributed by atoms with Crippen molar-refractivity contribution in [1.82, 2.24) is 0 Å². The molecule has 0 aliphatic rings. The van der Waals surface area contributed by atoms with Gasteiger partial charge in [-0.25, -0.2) is 13.6 Å². The lowest BCUT2D eigenvalue weighted by molar-refractivity contribution is -0.103. The Balaban J connectivity index is 3.07. The maximum Gasteiger partial charge on any atom is 0.238 e. The van der Waals surface area contributed by atoms with Gasteiger partial charge in [0.1, 0.15) is 0 Å². The molecule has 0 saturated heterocycles. The van der Waals surface area contributed by atoms with Crippen molar-refractivity contribution < 1.29 is 13.2 Å². The van der Waals surface area contributed by atoms with E-state index >= 15 is 0 Å². The number of nitrogens with two attached hydrogens (primary N) is 1. The summed E-state index contributed by atoms with van der Waals surface area (Å²) in [5, 5.41) is 4.89. The van der Waals surface area contributed by atoms with Crippen LogP contribution in [-0.4, -0.2) is 14.7 Å². The molecule has 1 rings (SSSR count). The second-order valence-corrected chi connectivity index (χ2v) is 4.02. The maximum absolute atomic E-state index is 10.8. The first-order chi connectivity index (χ1) is 6.54. The average molecular weight is 209 g/mol. The zero-order valence-corrected chi connectivity index (χ0v) is 7.91. The van der Waals surface area contributed by atoms with Crippen molar-refractivity contribution in [1.29, 1.82) is 0 Å². The van der Waals surface area contributed by atoms with Gasteiger partial charge in [-0.15, -0.1) is 0 Å². The first-order valence-electron chi connectivity index (χ1n) is 3.62. The Bertz CT molecular complexity index is 491. The van der Waals surface area contributed by atoms with E-state index < -0.39 is 10.0 Å². The lowest BCUT2D eigenvalue weighted by atomic mass is 10.2. The van der Waals surface area contributed by atoms with Gasteiger partial charge < -0.3 is 0 Å². The topological polar surface area (TPSA) is 77.2 Å². The van der Waals surface area contributed by atoms with Gasteiger partial charge in [-0.1, -0.05) is 5.92 Å². The van der Waals surface area contributed by atoms with Crippen molar-refractivity contribution >= 4 is 16.3 Å². The molecular formula is C9H7NO3S. The second kappa shape index (κ2) is 4.05. The smallest absolute Gasteiger partial charge is 0.238 e. The Labute approximate surface area is 81.8 Å². The summed E-state index contributed by atoms with van der Waals surface area (Å²) in [4.78, 5) is 9.94. The first-order valence-corrected chi connectivity index (χ1v) is 5.17. The molecule has 0 amide bonds. The van der Waals surface area contributed by atoms with E-state index in [1.165, 1.54) is 24.3 Å². The number of primary sulfonamides is 1. The van der Waals surface area contributed by atoms with E-state index in [-0.39, 0.29) is 4.90 Å². The minimum Gasteiger partial charge on any atom is -0.289 e. The van der Waals surface area contributed by atoms with Gasteiger partial charge >= 0.3 is 0 Å². The molecule has 0 aliphatic carbocycles. The van der Waals surface area contributed by atoms with Gasteiger partial charge in [-0.2, -0.15) is 0 Å². The second-order valence-electron chi connectivity index (χ2n) is 2.46. The zero-order chi connectivity index (χ0) is 10.6. The minimum absolute atomic E-state index is 0.0224. The van der Waals surface area contributed by atoms with E-state index in [0.717, 1.165) is 0 Å². The highest BCUT2D eigenvalue weighted by molar-refractivity contribution is 7.89. The number of aldehydes is 1. The van der Waals surface area contributed by atoms with Crippen LogP contribution in [0.25, 0.3) is 0 Å². The molecule has 0 radical (unpaired) electrons. The van der Waals surface area contributed by atoms with E-state index in [0.29, 0.717) is 11.8 Å². The SMILES string of the molecule is NS(=O)(=O)c1ccc(C#CC=O)cc1. The molecule has 72 valence electrons. The molecule has 14 heavy (non-hydrogen) atoms. The molecular weight excluding hydrogens is 202 g/mol. The molecule has 0 fully saturated rings. The van der Waals surface area contributed by atoms with Crippen molar-refractivity contribution in [3.05, 3.63) is 29.8 Å². The Morgan fingerprint density at radius 1 is 1.21 bits per heavy atom. The number of carbonyl (C=O) groups excluding carboxylic acids is 1. The number of benzene rings is 1. The summed E-state index contributed by atoms with van der Waals surface area (Å²) in [5.41, 5.74) is 0.560. The molecule has 0 atom stereocenters. The zero-order valence-electron chi connectivity index (χ0n) is 7.10. The van der Waals surface area contributed by atoms with Crippen LogP contribution in [0, 0.1) is 11.8 Å². The number of hydrogen-bond acceptors (Lipinski definition) is 3. The molecule has 1 aromatic rings. The summed E-state index contributed by atoms with van der Waals surface area (Å²) in [6.07, 6.45) is 0.466. The van der Waals surface area contributed by atoms with Crippen LogP contribution in [0.2, 0.25) is 0 Å². The van der Waals surface area contributed by atoms with Gasteiger partial charge in [-0.05, 0) is 30.2 Å². The molecule has 0 aromatic heterocycles. The lowest BCUT2D eigenvalue weighted by Gasteiger charge is -1.96. The molecule has 1 aromatic carbocycles. The van der Waals surface area contributed by atoms with Crippen LogP contribution in [-0.2, 0) is 14.8 Å². The highest BCUT2D eigenvalue weighted by Crippen LogP contribution is 2.07. The molecule has 0 aliphatic heterocycles. The monoisotopic (exact) mass is 209 g/mol. The summed E-state index contributed by atoms with van der Waals surface area (Å²) in [6, 6.07) is 5.64. The van der Waals surface area contributed by atoms with Crippen LogP contribution in [0.3, 0.4) is 0 Å². The molecule has 0 spiro atoms. The van der Waals surface area contributed by atoms with Crippen molar-refractivity contribution in [2.75, 3.05) is 0 Å². The summed E-state index contributed by atoms with van der Waals surface area (Å²) >= 11 is 0. The largest absolute Gasteiger partial charge is 0.289 e. The highest BCUT2D eigenvalue weighted by Gasteiger charge is 2.05. The van der Waals surface area contributed by atoms with E-state index in [4.69, 9.17) is 5.14 Å². The Hall–Kier alpha value is -1.64. The Morgan fingerprint density at radius 2 is 1.79 bits per heavy atom. The van der Waals surface area contributed by atoms with Gasteiger partial charge in [0.05, 0.1) is 4.90 Å². The number of sulfonamides is 1. The quantitative estimate of drug-likeness (QED) is 0.517. The third-order valence-corrected chi connectivity index (χ3v) is 2.39. The molecule has 0 unspecified atom stereocenters. The van der Waals surface area contributed by atoms with Crippen LogP contribution < -0.4 is 5.14 Å². The van der Waals surface area contributed by atoms with Crippen molar-refractivity contribution in [2.45, 2.75) is 4.90 Å². The van der Waals surface area contributed by atoms with E-state index in [1.54, 1.807) is 0 Å². The van der Waals surface area contributed by atoms with E-state index in [1.807, 2.05) is 0 Å². The fraction of sp³-hybridized carbons (Fsp3) is 0. The standard InChI is InChI=1S/C9H7NO3S/c10-14(12,13)9-5-3-8(4-6-9)2-1-7-11/h3-7H,(H2,10,12,13). The minimum atomic E-state index is -3.66. The number of carbonyl (C=O) groups is 1. The predicted octanol–water partition coefficient (Wildman–Crippen LogP) is -0.116. The summed E-state index contributed by atoms with van der Waals surface area (Å²) in [6.45, 7) is 0. The van der Waals surface area contributed by atoms with Gasteiger partial charge in [0.2, 0.25) is 10.0 Å². The lowest BCUT2D eigenvalue weighted by Crippen LogP contribution is -2.11. The van der Waals surface area contributed by atoms with Crippen molar-refractivity contribution in [2.24, 2.45) is 5.14 Å². The third-order valence-electron chi connectivity index (χ3n) is 1.46. The van der Waals surface area contributed by atoms with Gasteiger partial charge in [0.25, 0.3) is 0 Å². The van der Waals surface area contributed by atoms with E-state index in [2.05, 4.69) is 11.8 Å². The highest BCUT2D eigenvalue weighted by atomic mass is 32.2. The van der Waals surface area contributed by atoms with E-state index in [9.17, 15) is 13.2 Å². The summed E-state index contributed by atoms with van der Waals surface area (Å²) in [5.74, 6) is 4.73. The molecule has 4 nitrogen and oxygen atoms in total. The summed E-state index contributed by atoms with van der Waals surface area (Å²) < 4.78 is 21.7. The molecule has 0 saturated carbocycles. The van der Waals surface area contributed by atoms with Crippen molar-refractivity contribution in [3.63, 3.8) is 0 Å². The van der Waals surface area contributed by atoms with Crippen LogP contribution >= 0.6 is 0 Å². The predicted molar refractivity (Wildman–Crippen MR) is 50.8 cm³/mol.